The van der Waals surface area contributed by atoms with Crippen molar-refractivity contribution in [3.63, 3.8) is 0 Å². The Bertz CT molecular complexity index is 950. The van der Waals surface area contributed by atoms with Crippen molar-refractivity contribution in [1.82, 2.24) is 0 Å². The maximum absolute atomic E-state index is 12.6. The van der Waals surface area contributed by atoms with E-state index in [1.807, 2.05) is 24.3 Å². The minimum Gasteiger partial charge on any atom is -0.326 e. The van der Waals surface area contributed by atoms with E-state index in [9.17, 15) is 13.2 Å². The topological polar surface area (TPSA) is 63.2 Å². The third kappa shape index (κ3) is 3.76. The molecule has 2 aliphatic rings. The maximum atomic E-state index is 12.6. The third-order valence-corrected chi connectivity index (χ3v) is 8.25. The molecule has 0 bridgehead atoms. The highest BCUT2D eigenvalue weighted by Gasteiger charge is 2.44. The number of carbonyl (C=O) groups is 1. The van der Waals surface area contributed by atoms with Gasteiger partial charge in [0.1, 0.15) is 0 Å². The molecular weight excluding hydrogens is 382 g/mol. The number of hydrogen-bond donors (Lipinski definition) is 1. The van der Waals surface area contributed by atoms with Crippen molar-refractivity contribution >= 4 is 33.0 Å². The summed E-state index contributed by atoms with van der Waals surface area (Å²) in [5.41, 5.74) is 1.63. The monoisotopic (exact) mass is 403 g/mol. The van der Waals surface area contributed by atoms with E-state index in [1.54, 1.807) is 24.3 Å². The number of nitrogens with one attached hydrogen (secondary N) is 1. The Kier molecular flexibility index (Phi) is 4.99. The standard InChI is InChI=1S/C21H22ClNO3S/c22-20-8-4-3-7-17(20)18-13-19(18)21(24)23-14-9-11-16(12-10-14)27(25,26)15-5-1-2-6-15/h3-4,7-12,15,18-19H,1-2,5-6,13H2,(H,23,24). The Morgan fingerprint density at radius 3 is 2.33 bits per heavy atom. The first-order valence-corrected chi connectivity index (χ1v) is 11.3. The summed E-state index contributed by atoms with van der Waals surface area (Å²) < 4.78 is 25.2. The molecule has 0 heterocycles. The maximum Gasteiger partial charge on any atom is 0.228 e. The molecular formula is C21H22ClNO3S. The Hall–Kier alpha value is -1.85. The van der Waals surface area contributed by atoms with Gasteiger partial charge in [-0.2, -0.15) is 0 Å². The quantitative estimate of drug-likeness (QED) is 0.779. The van der Waals surface area contributed by atoms with Crippen molar-refractivity contribution in [2.24, 2.45) is 5.92 Å². The molecule has 0 aromatic heterocycles. The Morgan fingerprint density at radius 1 is 1.00 bits per heavy atom. The van der Waals surface area contributed by atoms with E-state index in [1.165, 1.54) is 0 Å². The summed E-state index contributed by atoms with van der Waals surface area (Å²) in [5.74, 6) is 0.0128. The predicted molar refractivity (Wildman–Crippen MR) is 107 cm³/mol. The van der Waals surface area contributed by atoms with Crippen LogP contribution in [0.15, 0.2) is 53.4 Å². The number of anilines is 1. The molecule has 1 N–H and O–H groups in total. The van der Waals surface area contributed by atoms with Crippen LogP contribution in [0.5, 0.6) is 0 Å². The molecule has 2 aromatic carbocycles. The molecule has 2 aromatic rings. The summed E-state index contributed by atoms with van der Waals surface area (Å²) in [6.45, 7) is 0. The molecule has 1 amide bonds. The first-order chi connectivity index (χ1) is 13.0. The van der Waals surface area contributed by atoms with Gasteiger partial charge < -0.3 is 5.32 Å². The lowest BCUT2D eigenvalue weighted by atomic mass is 10.1. The summed E-state index contributed by atoms with van der Waals surface area (Å²) in [6.07, 6.45) is 4.22. The molecule has 0 saturated heterocycles. The van der Waals surface area contributed by atoms with Crippen molar-refractivity contribution in [3.8, 4) is 0 Å². The van der Waals surface area contributed by atoms with Crippen LogP contribution >= 0.6 is 11.6 Å². The lowest BCUT2D eigenvalue weighted by Crippen LogP contribution is -2.18. The van der Waals surface area contributed by atoms with Crippen LogP contribution in [0.4, 0.5) is 5.69 Å². The van der Waals surface area contributed by atoms with Gasteiger partial charge in [-0.1, -0.05) is 42.6 Å². The zero-order chi connectivity index (χ0) is 19.0. The second kappa shape index (κ2) is 7.28. The molecule has 2 aliphatic carbocycles. The first-order valence-electron chi connectivity index (χ1n) is 9.36. The highest BCUT2D eigenvalue weighted by molar-refractivity contribution is 7.92. The zero-order valence-corrected chi connectivity index (χ0v) is 16.5. The van der Waals surface area contributed by atoms with Crippen molar-refractivity contribution < 1.29 is 13.2 Å². The summed E-state index contributed by atoms with van der Waals surface area (Å²) in [7, 11) is -3.26. The minimum absolute atomic E-state index is 0.0497. The van der Waals surface area contributed by atoms with Gasteiger partial charge in [0.2, 0.25) is 5.91 Å². The minimum atomic E-state index is -3.26. The van der Waals surface area contributed by atoms with Crippen LogP contribution in [0.1, 0.15) is 43.6 Å². The lowest BCUT2D eigenvalue weighted by molar-refractivity contribution is -0.117. The number of halogens is 1. The molecule has 6 heteroatoms. The number of benzene rings is 2. The second-order valence-corrected chi connectivity index (χ2v) is 10.1. The van der Waals surface area contributed by atoms with E-state index in [2.05, 4.69) is 5.32 Å². The summed E-state index contributed by atoms with van der Waals surface area (Å²) >= 11 is 6.21. The van der Waals surface area contributed by atoms with Crippen molar-refractivity contribution in [1.29, 1.82) is 0 Å². The SMILES string of the molecule is O=C(Nc1ccc(S(=O)(=O)C2CCCC2)cc1)C1CC1c1ccccc1Cl. The van der Waals surface area contributed by atoms with Crippen LogP contribution in [0.3, 0.4) is 0 Å². The smallest absolute Gasteiger partial charge is 0.228 e. The van der Waals surface area contributed by atoms with Crippen LogP contribution in [0.25, 0.3) is 0 Å². The highest BCUT2D eigenvalue weighted by atomic mass is 35.5. The number of carbonyl (C=O) groups excluding carboxylic acids is 1. The fraction of sp³-hybridized carbons (Fsp3) is 0.381. The molecule has 0 radical (unpaired) electrons. The third-order valence-electron chi connectivity index (χ3n) is 5.62. The van der Waals surface area contributed by atoms with Gasteiger partial charge in [0.15, 0.2) is 9.84 Å². The van der Waals surface area contributed by atoms with E-state index < -0.39 is 9.84 Å². The lowest BCUT2D eigenvalue weighted by Gasteiger charge is -2.12. The molecule has 27 heavy (non-hydrogen) atoms. The highest BCUT2D eigenvalue weighted by Crippen LogP contribution is 2.50. The fourth-order valence-corrected chi connectivity index (χ4v) is 6.09. The molecule has 2 fully saturated rings. The van der Waals surface area contributed by atoms with Crippen LogP contribution in [0.2, 0.25) is 5.02 Å². The zero-order valence-electron chi connectivity index (χ0n) is 14.9. The Balaban J connectivity index is 1.41. The summed E-state index contributed by atoms with van der Waals surface area (Å²) in [4.78, 5) is 12.8. The molecule has 2 atom stereocenters. The molecule has 0 aliphatic heterocycles. The van der Waals surface area contributed by atoms with Crippen LogP contribution in [-0.4, -0.2) is 19.6 Å². The molecule has 2 unspecified atom stereocenters. The molecule has 4 nitrogen and oxygen atoms in total. The Morgan fingerprint density at radius 2 is 1.67 bits per heavy atom. The van der Waals surface area contributed by atoms with E-state index in [-0.39, 0.29) is 23.0 Å². The van der Waals surface area contributed by atoms with Gasteiger partial charge in [0.05, 0.1) is 10.1 Å². The number of sulfone groups is 1. The van der Waals surface area contributed by atoms with E-state index >= 15 is 0 Å². The van der Waals surface area contributed by atoms with Gasteiger partial charge in [-0.25, -0.2) is 8.42 Å². The fourth-order valence-electron chi connectivity index (χ4n) is 3.96. The van der Waals surface area contributed by atoms with E-state index in [0.717, 1.165) is 37.7 Å². The largest absolute Gasteiger partial charge is 0.326 e. The molecule has 4 rings (SSSR count). The Labute approximate surface area is 164 Å². The summed E-state index contributed by atoms with van der Waals surface area (Å²) in [6, 6.07) is 14.2. The van der Waals surface area contributed by atoms with Gasteiger partial charge in [-0.15, -0.1) is 0 Å². The second-order valence-electron chi connectivity index (χ2n) is 7.44. The normalized spacial score (nSPS) is 22.6. The van der Waals surface area contributed by atoms with Gasteiger partial charge in [0, 0.05) is 16.6 Å². The first kappa shape index (κ1) is 18.5. The van der Waals surface area contributed by atoms with Gasteiger partial charge >= 0.3 is 0 Å². The van der Waals surface area contributed by atoms with Crippen LogP contribution in [-0.2, 0) is 14.6 Å². The van der Waals surface area contributed by atoms with Crippen LogP contribution < -0.4 is 5.32 Å². The molecule has 0 spiro atoms. The molecule has 2 saturated carbocycles. The van der Waals surface area contributed by atoms with Crippen LogP contribution in [0, 0.1) is 5.92 Å². The van der Waals surface area contributed by atoms with Gasteiger partial charge in [-0.05, 0) is 61.1 Å². The predicted octanol–water partition coefficient (Wildman–Crippen LogP) is 4.80. The number of rotatable bonds is 5. The molecule has 142 valence electrons. The van der Waals surface area contributed by atoms with Gasteiger partial charge in [0.25, 0.3) is 0 Å². The summed E-state index contributed by atoms with van der Waals surface area (Å²) in [5, 5.41) is 3.33. The van der Waals surface area contributed by atoms with Crippen molar-refractivity contribution in [2.45, 2.75) is 48.2 Å². The number of amides is 1. The number of hydrogen-bond acceptors (Lipinski definition) is 3. The average Bonchev–Trinajstić information content (AvgIpc) is 3.25. The van der Waals surface area contributed by atoms with E-state index in [4.69, 9.17) is 11.6 Å². The van der Waals surface area contributed by atoms with Gasteiger partial charge in [-0.3, -0.25) is 4.79 Å². The van der Waals surface area contributed by atoms with Crippen molar-refractivity contribution in [3.05, 3.63) is 59.1 Å². The average molecular weight is 404 g/mol. The van der Waals surface area contributed by atoms with Crippen molar-refractivity contribution in [2.75, 3.05) is 5.32 Å². The van der Waals surface area contributed by atoms with E-state index in [0.29, 0.717) is 15.6 Å².